The van der Waals surface area contributed by atoms with Crippen LogP contribution in [-0.4, -0.2) is 31.4 Å². The zero-order valence-electron chi connectivity index (χ0n) is 11.1. The van der Waals surface area contributed by atoms with Gasteiger partial charge in [-0.3, -0.25) is 0 Å². The van der Waals surface area contributed by atoms with E-state index in [4.69, 9.17) is 15.1 Å². The van der Waals surface area contributed by atoms with Gasteiger partial charge in [0.2, 0.25) is 0 Å². The monoisotopic (exact) mass is 251 g/mol. The third-order valence-electron chi connectivity index (χ3n) is 2.86. The van der Waals surface area contributed by atoms with Crippen LogP contribution in [0.15, 0.2) is 35.5 Å². The van der Waals surface area contributed by atoms with Crippen molar-refractivity contribution in [1.82, 2.24) is 0 Å². The summed E-state index contributed by atoms with van der Waals surface area (Å²) in [6.07, 6.45) is 9.09. The Morgan fingerprint density at radius 3 is 3.06 bits per heavy atom. The number of rotatable bonds is 6. The normalized spacial score (nSPS) is 22.3. The highest BCUT2D eigenvalue weighted by Crippen LogP contribution is 2.21. The average molecular weight is 251 g/mol. The van der Waals surface area contributed by atoms with Crippen LogP contribution in [0, 0.1) is 0 Å². The van der Waals surface area contributed by atoms with E-state index in [1.54, 1.807) is 6.26 Å². The molecule has 1 atom stereocenters. The van der Waals surface area contributed by atoms with E-state index in [0.29, 0.717) is 18.7 Å². The van der Waals surface area contributed by atoms with Gasteiger partial charge in [-0.2, -0.15) is 0 Å². The Balaban J connectivity index is 2.50. The molecule has 0 saturated carbocycles. The van der Waals surface area contributed by atoms with Gasteiger partial charge in [0.05, 0.1) is 19.5 Å². The standard InChI is InChI=1S/C13H22BNO3/c1-3-5-6-11-9-18-14(16)13(11)10-17-8-7-12(15)4-2/h3,5-6,10,12,16H,4,7-9,15H2,1-2H3/b5-3-,11-6-,13-10-/t12-/m1/s1. The summed E-state index contributed by atoms with van der Waals surface area (Å²) in [5.74, 6) is 0. The molecular formula is C13H22BNO3. The number of hydrogen-bond donors (Lipinski definition) is 2. The van der Waals surface area contributed by atoms with Crippen molar-refractivity contribution in [2.24, 2.45) is 5.73 Å². The molecule has 0 amide bonds. The molecule has 0 aliphatic carbocycles. The summed E-state index contributed by atoms with van der Waals surface area (Å²) in [6.45, 7) is 4.96. The van der Waals surface area contributed by atoms with Gasteiger partial charge in [0.25, 0.3) is 0 Å². The lowest BCUT2D eigenvalue weighted by molar-refractivity contribution is 0.233. The van der Waals surface area contributed by atoms with Crippen LogP contribution in [0.5, 0.6) is 0 Å². The Morgan fingerprint density at radius 1 is 1.61 bits per heavy atom. The van der Waals surface area contributed by atoms with Crippen molar-refractivity contribution >= 4 is 7.12 Å². The van der Waals surface area contributed by atoms with Gasteiger partial charge in [0.1, 0.15) is 0 Å². The summed E-state index contributed by atoms with van der Waals surface area (Å²) in [7, 11) is -0.888. The van der Waals surface area contributed by atoms with Gasteiger partial charge >= 0.3 is 7.12 Å². The maximum Gasteiger partial charge on any atom is 0.494 e. The smallest absolute Gasteiger partial charge is 0.494 e. The molecule has 0 spiro atoms. The highest BCUT2D eigenvalue weighted by Gasteiger charge is 2.30. The topological polar surface area (TPSA) is 64.7 Å². The zero-order valence-corrected chi connectivity index (χ0v) is 11.1. The van der Waals surface area contributed by atoms with Crippen LogP contribution in [0.25, 0.3) is 0 Å². The molecule has 0 aromatic carbocycles. The third-order valence-corrected chi connectivity index (χ3v) is 2.86. The van der Waals surface area contributed by atoms with Gasteiger partial charge in [0, 0.05) is 11.5 Å². The van der Waals surface area contributed by atoms with Crippen molar-refractivity contribution < 1.29 is 14.4 Å². The first kappa shape index (κ1) is 15.0. The van der Waals surface area contributed by atoms with Crippen LogP contribution in [0.4, 0.5) is 0 Å². The van der Waals surface area contributed by atoms with E-state index in [-0.39, 0.29) is 6.04 Å². The summed E-state index contributed by atoms with van der Waals surface area (Å²) in [5.41, 5.74) is 7.43. The van der Waals surface area contributed by atoms with Gasteiger partial charge < -0.3 is 20.1 Å². The first-order valence-electron chi connectivity index (χ1n) is 6.38. The summed E-state index contributed by atoms with van der Waals surface area (Å²) in [6, 6.07) is 0.172. The number of ether oxygens (including phenoxy) is 1. The van der Waals surface area contributed by atoms with Crippen LogP contribution in [0.3, 0.4) is 0 Å². The molecule has 0 radical (unpaired) electrons. The van der Waals surface area contributed by atoms with E-state index in [1.807, 2.05) is 25.2 Å². The molecule has 0 bridgehead atoms. The molecule has 1 saturated heterocycles. The van der Waals surface area contributed by atoms with Gasteiger partial charge in [-0.15, -0.1) is 0 Å². The predicted molar refractivity (Wildman–Crippen MR) is 73.7 cm³/mol. The second-order valence-corrected chi connectivity index (χ2v) is 4.28. The fraction of sp³-hybridized carbons (Fsp3) is 0.538. The molecule has 100 valence electrons. The Kier molecular flexibility index (Phi) is 6.79. The van der Waals surface area contributed by atoms with Crippen molar-refractivity contribution in [2.45, 2.75) is 32.7 Å². The zero-order chi connectivity index (χ0) is 13.4. The van der Waals surface area contributed by atoms with Crippen molar-refractivity contribution in [2.75, 3.05) is 13.2 Å². The summed E-state index contributed by atoms with van der Waals surface area (Å²) in [5, 5.41) is 9.65. The highest BCUT2D eigenvalue weighted by atomic mass is 16.5. The molecule has 1 rings (SSSR count). The summed E-state index contributed by atoms with van der Waals surface area (Å²) < 4.78 is 10.6. The van der Waals surface area contributed by atoms with E-state index >= 15 is 0 Å². The number of allylic oxidation sites excluding steroid dienone is 3. The second-order valence-electron chi connectivity index (χ2n) is 4.28. The van der Waals surface area contributed by atoms with E-state index in [2.05, 4.69) is 6.92 Å². The highest BCUT2D eigenvalue weighted by molar-refractivity contribution is 6.55. The van der Waals surface area contributed by atoms with Gasteiger partial charge in [-0.05, 0) is 25.3 Å². The first-order chi connectivity index (χ1) is 8.69. The molecule has 0 unspecified atom stereocenters. The van der Waals surface area contributed by atoms with Crippen molar-refractivity contribution in [1.29, 1.82) is 0 Å². The average Bonchev–Trinajstić information content (AvgIpc) is 2.73. The molecule has 4 nitrogen and oxygen atoms in total. The molecule has 5 heteroatoms. The largest absolute Gasteiger partial charge is 0.501 e. The molecule has 3 N–H and O–H groups in total. The molecule has 0 aromatic heterocycles. The SMILES string of the molecule is C\C=C/C=C1/COB(O)/C1=C\OCC[C@H](N)CC. The lowest BCUT2D eigenvalue weighted by Crippen LogP contribution is -2.20. The minimum atomic E-state index is -0.888. The number of hydrogen-bond acceptors (Lipinski definition) is 4. The summed E-state index contributed by atoms with van der Waals surface area (Å²) in [4.78, 5) is 0. The molecule has 1 aliphatic heterocycles. The lowest BCUT2D eigenvalue weighted by Gasteiger charge is -2.08. The van der Waals surface area contributed by atoms with Crippen LogP contribution in [0.1, 0.15) is 26.7 Å². The van der Waals surface area contributed by atoms with Gasteiger partial charge in [-0.1, -0.05) is 25.2 Å². The van der Waals surface area contributed by atoms with E-state index in [9.17, 15) is 5.02 Å². The molecule has 1 aliphatic rings. The van der Waals surface area contributed by atoms with E-state index in [1.165, 1.54) is 0 Å². The van der Waals surface area contributed by atoms with E-state index in [0.717, 1.165) is 18.4 Å². The molecule has 18 heavy (non-hydrogen) atoms. The fourth-order valence-electron chi connectivity index (χ4n) is 1.56. The van der Waals surface area contributed by atoms with E-state index < -0.39 is 7.12 Å². The van der Waals surface area contributed by atoms with Crippen molar-refractivity contribution in [3.63, 3.8) is 0 Å². The minimum Gasteiger partial charge on any atom is -0.501 e. The summed E-state index contributed by atoms with van der Waals surface area (Å²) >= 11 is 0. The molecular weight excluding hydrogens is 229 g/mol. The minimum absolute atomic E-state index is 0.172. The van der Waals surface area contributed by atoms with Crippen molar-refractivity contribution in [3.8, 4) is 0 Å². The Labute approximate surface area is 109 Å². The Hall–Kier alpha value is -1.04. The second kappa shape index (κ2) is 8.13. The molecule has 0 aromatic rings. The first-order valence-corrected chi connectivity index (χ1v) is 6.38. The van der Waals surface area contributed by atoms with Crippen molar-refractivity contribution in [3.05, 3.63) is 35.5 Å². The quantitative estimate of drug-likeness (QED) is 0.427. The van der Waals surface area contributed by atoms with Crippen LogP contribution < -0.4 is 5.73 Å². The Morgan fingerprint density at radius 2 is 2.39 bits per heavy atom. The van der Waals surface area contributed by atoms with Crippen LogP contribution in [-0.2, 0) is 9.39 Å². The predicted octanol–water partition coefficient (Wildman–Crippen LogP) is 1.57. The number of nitrogens with two attached hydrogens (primary N) is 1. The Bertz CT molecular complexity index is 339. The van der Waals surface area contributed by atoms with Gasteiger partial charge in [0.15, 0.2) is 0 Å². The maximum absolute atomic E-state index is 9.65. The van der Waals surface area contributed by atoms with Crippen LogP contribution >= 0.6 is 0 Å². The molecule has 1 heterocycles. The van der Waals surface area contributed by atoms with Gasteiger partial charge in [-0.25, -0.2) is 0 Å². The fourth-order valence-corrected chi connectivity index (χ4v) is 1.56. The lowest BCUT2D eigenvalue weighted by atomic mass is 9.78. The maximum atomic E-state index is 9.65. The third kappa shape index (κ3) is 4.68. The molecule has 1 fully saturated rings. The van der Waals surface area contributed by atoms with Crippen LogP contribution in [0.2, 0.25) is 0 Å².